The number of azide groups is 1. The Morgan fingerprint density at radius 2 is 1.83 bits per heavy atom. The third kappa shape index (κ3) is 4.32. The van der Waals surface area contributed by atoms with E-state index in [0.29, 0.717) is 0 Å². The molecule has 5 atom stereocenters. The Balaban J connectivity index is 1.63. The maximum absolute atomic E-state index is 13.1. The van der Waals surface area contributed by atoms with Gasteiger partial charge in [-0.05, 0) is 25.4 Å². The van der Waals surface area contributed by atoms with Crippen LogP contribution < -0.4 is 0 Å². The summed E-state index contributed by atoms with van der Waals surface area (Å²) in [5, 5.41) is 25.3. The SMILES string of the molecule is CC(=O)O[C@@H]1[C@@H](N=[N+]=[N-])C[C@@H](O[C@@H](C)c2cc(O)c3c(c2O)C(=O)c2ccccc2C3=O)O[C@H]1C. The second-order valence-electron chi connectivity index (χ2n) is 8.42. The molecule has 0 saturated carbocycles. The number of rotatable bonds is 5. The number of nitrogens with zero attached hydrogens (tertiary/aromatic N) is 3. The Morgan fingerprint density at radius 1 is 1.20 bits per heavy atom. The normalized spacial score (nSPS) is 24.1. The van der Waals surface area contributed by atoms with Crippen molar-refractivity contribution in [3.05, 3.63) is 68.6 Å². The minimum atomic E-state index is -0.919. The van der Waals surface area contributed by atoms with E-state index in [4.69, 9.17) is 19.7 Å². The lowest BCUT2D eigenvalue weighted by Gasteiger charge is -2.38. The number of hydrogen-bond donors (Lipinski definition) is 2. The van der Waals surface area contributed by atoms with E-state index >= 15 is 0 Å². The van der Waals surface area contributed by atoms with Crippen molar-refractivity contribution in [2.75, 3.05) is 0 Å². The highest BCUT2D eigenvalue weighted by Gasteiger charge is 2.40. The van der Waals surface area contributed by atoms with Crippen LogP contribution in [0.15, 0.2) is 35.4 Å². The average Bonchev–Trinajstić information content (AvgIpc) is 2.81. The molecular formula is C24H23N3O8. The van der Waals surface area contributed by atoms with Crippen molar-refractivity contribution < 1.29 is 38.8 Å². The van der Waals surface area contributed by atoms with Crippen LogP contribution in [0.4, 0.5) is 0 Å². The fourth-order valence-electron chi connectivity index (χ4n) is 4.54. The standard InChI is InChI=1S/C24H23N3O8/c1-10(33-18-9-16(26-27-25)24(11(2)34-18)35-12(3)28)15-8-17(29)19-20(23(15)32)22(31)14-7-5-4-6-13(14)21(19)30/h4-8,10-11,16,18,24,29,32H,9H2,1-3H3/t10-,11-,16-,18-,24-/m0/s1. The Labute approximate surface area is 199 Å². The number of phenolic OH excluding ortho intramolecular Hbond substituents is 2. The van der Waals surface area contributed by atoms with Crippen molar-refractivity contribution >= 4 is 17.5 Å². The van der Waals surface area contributed by atoms with E-state index in [-0.39, 0.29) is 34.2 Å². The van der Waals surface area contributed by atoms with Crippen LogP contribution in [0.1, 0.15) is 70.7 Å². The maximum Gasteiger partial charge on any atom is 0.303 e. The molecule has 4 rings (SSSR count). The predicted octanol–water partition coefficient (Wildman–Crippen LogP) is 3.70. The molecule has 2 aromatic carbocycles. The second-order valence-corrected chi connectivity index (χ2v) is 8.42. The third-order valence-electron chi connectivity index (χ3n) is 6.12. The lowest BCUT2D eigenvalue weighted by molar-refractivity contribution is -0.243. The van der Waals surface area contributed by atoms with Gasteiger partial charge in [0, 0.05) is 34.9 Å². The summed E-state index contributed by atoms with van der Waals surface area (Å²) in [6.07, 6.45) is -3.23. The molecule has 11 nitrogen and oxygen atoms in total. The molecule has 182 valence electrons. The first-order valence-electron chi connectivity index (χ1n) is 10.9. The van der Waals surface area contributed by atoms with Gasteiger partial charge in [-0.15, -0.1) is 0 Å². The van der Waals surface area contributed by atoms with Crippen LogP contribution in [-0.4, -0.2) is 52.3 Å². The van der Waals surface area contributed by atoms with Crippen LogP contribution in [0, 0.1) is 0 Å². The Kier molecular flexibility index (Phi) is 6.49. The van der Waals surface area contributed by atoms with Gasteiger partial charge in [0.2, 0.25) is 0 Å². The number of fused-ring (bicyclic) bond motifs is 2. The van der Waals surface area contributed by atoms with Crippen LogP contribution in [-0.2, 0) is 19.0 Å². The van der Waals surface area contributed by atoms with Gasteiger partial charge < -0.3 is 24.4 Å². The van der Waals surface area contributed by atoms with E-state index in [9.17, 15) is 24.6 Å². The predicted molar refractivity (Wildman–Crippen MR) is 120 cm³/mol. The average molecular weight is 481 g/mol. The number of hydrogen-bond acceptors (Lipinski definition) is 9. The second kappa shape index (κ2) is 9.38. The van der Waals surface area contributed by atoms with Gasteiger partial charge in [0.1, 0.15) is 17.6 Å². The molecule has 0 aromatic heterocycles. The maximum atomic E-state index is 13.1. The lowest BCUT2D eigenvalue weighted by atomic mass is 9.81. The van der Waals surface area contributed by atoms with Gasteiger partial charge in [0.05, 0.1) is 29.4 Å². The van der Waals surface area contributed by atoms with Crippen LogP contribution in [0.5, 0.6) is 11.5 Å². The highest BCUT2D eigenvalue weighted by atomic mass is 16.7. The van der Waals surface area contributed by atoms with Crippen molar-refractivity contribution in [3.8, 4) is 11.5 Å². The number of phenols is 2. The fraction of sp³-hybridized carbons (Fsp3) is 0.375. The molecule has 1 aliphatic heterocycles. The van der Waals surface area contributed by atoms with E-state index in [2.05, 4.69) is 10.0 Å². The minimum Gasteiger partial charge on any atom is -0.507 e. The van der Waals surface area contributed by atoms with E-state index in [1.807, 2.05) is 0 Å². The van der Waals surface area contributed by atoms with Crippen LogP contribution in [0.25, 0.3) is 10.4 Å². The third-order valence-corrected chi connectivity index (χ3v) is 6.12. The number of benzene rings is 2. The van der Waals surface area contributed by atoms with Gasteiger partial charge in [0.15, 0.2) is 17.9 Å². The number of esters is 1. The number of carbonyl (C=O) groups is 3. The topological polar surface area (TPSA) is 168 Å². The van der Waals surface area contributed by atoms with Crippen molar-refractivity contribution in [3.63, 3.8) is 0 Å². The highest BCUT2D eigenvalue weighted by Crippen LogP contribution is 2.43. The Hall–Kier alpha value is -3.92. The van der Waals surface area contributed by atoms with Crippen LogP contribution >= 0.6 is 0 Å². The molecule has 1 saturated heterocycles. The zero-order chi connectivity index (χ0) is 25.4. The summed E-state index contributed by atoms with van der Waals surface area (Å²) in [5.41, 5.74) is 8.70. The first-order chi connectivity index (χ1) is 16.6. The van der Waals surface area contributed by atoms with Crippen molar-refractivity contribution in [1.29, 1.82) is 0 Å². The van der Waals surface area contributed by atoms with E-state index in [1.165, 1.54) is 25.1 Å². The van der Waals surface area contributed by atoms with E-state index < -0.39 is 59.7 Å². The molecule has 1 heterocycles. The molecule has 2 N–H and O–H groups in total. The minimum absolute atomic E-state index is 0.0547. The van der Waals surface area contributed by atoms with Gasteiger partial charge >= 0.3 is 5.97 Å². The largest absolute Gasteiger partial charge is 0.507 e. The molecule has 1 fully saturated rings. The molecule has 2 aromatic rings. The Morgan fingerprint density at radius 3 is 2.43 bits per heavy atom. The molecule has 0 radical (unpaired) electrons. The smallest absolute Gasteiger partial charge is 0.303 e. The van der Waals surface area contributed by atoms with Crippen LogP contribution in [0.3, 0.4) is 0 Å². The van der Waals surface area contributed by atoms with Gasteiger partial charge in [0.25, 0.3) is 0 Å². The first kappa shape index (κ1) is 24.2. The van der Waals surface area contributed by atoms with Gasteiger partial charge in [-0.2, -0.15) is 0 Å². The summed E-state index contributed by atoms with van der Waals surface area (Å²) in [4.78, 5) is 40.2. The zero-order valence-electron chi connectivity index (χ0n) is 19.2. The fourth-order valence-corrected chi connectivity index (χ4v) is 4.54. The van der Waals surface area contributed by atoms with Gasteiger partial charge in [-0.25, -0.2) is 0 Å². The van der Waals surface area contributed by atoms with Gasteiger partial charge in [-0.3, -0.25) is 14.4 Å². The molecular weight excluding hydrogens is 458 g/mol. The van der Waals surface area contributed by atoms with Gasteiger partial charge in [-0.1, -0.05) is 29.4 Å². The zero-order valence-corrected chi connectivity index (χ0v) is 19.2. The number of carbonyl (C=O) groups excluding carboxylic acids is 3. The van der Waals surface area contributed by atoms with Crippen molar-refractivity contribution in [2.45, 2.75) is 57.8 Å². The molecule has 1 aliphatic carbocycles. The number of ether oxygens (including phenoxy) is 3. The molecule has 35 heavy (non-hydrogen) atoms. The summed E-state index contributed by atoms with van der Waals surface area (Å²) in [5.74, 6) is -2.65. The molecule has 2 aliphatic rings. The number of ketones is 2. The van der Waals surface area contributed by atoms with Crippen LogP contribution in [0.2, 0.25) is 0 Å². The number of aromatic hydroxyl groups is 2. The highest BCUT2D eigenvalue weighted by molar-refractivity contribution is 6.30. The monoisotopic (exact) mass is 481 g/mol. The molecule has 0 unspecified atom stereocenters. The van der Waals surface area contributed by atoms with E-state index in [1.54, 1.807) is 26.0 Å². The van der Waals surface area contributed by atoms with Crippen molar-refractivity contribution in [1.82, 2.24) is 0 Å². The molecule has 0 amide bonds. The first-order valence-corrected chi connectivity index (χ1v) is 10.9. The molecule has 0 spiro atoms. The summed E-state index contributed by atoms with van der Waals surface area (Å²) >= 11 is 0. The molecule has 11 heteroatoms. The summed E-state index contributed by atoms with van der Waals surface area (Å²) in [6.45, 7) is 4.44. The summed E-state index contributed by atoms with van der Waals surface area (Å²) < 4.78 is 16.9. The quantitative estimate of drug-likeness (QED) is 0.183. The summed E-state index contributed by atoms with van der Waals surface area (Å²) in [7, 11) is 0. The Bertz CT molecular complexity index is 1270. The molecule has 0 bridgehead atoms. The van der Waals surface area contributed by atoms with Crippen molar-refractivity contribution in [2.24, 2.45) is 5.11 Å². The van der Waals surface area contributed by atoms with E-state index in [0.717, 1.165) is 0 Å². The summed E-state index contributed by atoms with van der Waals surface area (Å²) in [6, 6.07) is 6.60. The lowest BCUT2D eigenvalue weighted by Crippen LogP contribution is -2.49.